The van der Waals surface area contributed by atoms with E-state index in [-0.39, 0.29) is 0 Å². The van der Waals surface area contributed by atoms with Gasteiger partial charge < -0.3 is 4.90 Å². The van der Waals surface area contributed by atoms with Crippen molar-refractivity contribution < 1.29 is 4.11 Å². The molecule has 3 rings (SSSR count). The minimum atomic E-state index is -2.18. The highest BCUT2D eigenvalue weighted by atomic mass is 79.9. The number of anilines is 1. The van der Waals surface area contributed by atoms with Gasteiger partial charge in [0.2, 0.25) is 0 Å². The van der Waals surface area contributed by atoms with Crippen molar-refractivity contribution in [2.45, 2.75) is 19.8 Å². The van der Waals surface area contributed by atoms with Crippen molar-refractivity contribution >= 4 is 21.6 Å². The van der Waals surface area contributed by atoms with E-state index in [1.54, 1.807) is 23.6 Å². The van der Waals surface area contributed by atoms with Gasteiger partial charge in [0, 0.05) is 15.6 Å². The Kier molecular flexibility index (Phi) is 1.65. The first-order valence-corrected chi connectivity index (χ1v) is 6.05. The predicted octanol–water partition coefficient (Wildman–Crippen LogP) is 2.85. The highest BCUT2D eigenvalue weighted by molar-refractivity contribution is 9.10. The maximum absolute atomic E-state index is 7.80. The van der Waals surface area contributed by atoms with E-state index in [9.17, 15) is 0 Å². The molecule has 1 aliphatic rings. The largest absolute Gasteiger partial charge is 0.362 e. The van der Waals surface area contributed by atoms with Gasteiger partial charge in [-0.2, -0.15) is 5.10 Å². The molecule has 2 aromatic rings. The number of hydrogen-bond donors (Lipinski definition) is 0. The molecule has 88 valence electrons. The van der Waals surface area contributed by atoms with Crippen molar-refractivity contribution in [3.05, 3.63) is 34.3 Å². The first kappa shape index (κ1) is 7.87. The first-order chi connectivity index (χ1) is 9.30. The molecule has 1 aromatic carbocycles. The van der Waals surface area contributed by atoms with Crippen LogP contribution in [0.4, 0.5) is 5.69 Å². The van der Waals surface area contributed by atoms with E-state index in [1.165, 1.54) is 0 Å². The molecule has 0 saturated heterocycles. The number of fused-ring (bicyclic) bond motifs is 3. The van der Waals surface area contributed by atoms with Crippen LogP contribution in [0, 0.1) is 6.92 Å². The molecule has 5 heteroatoms. The molecule has 1 aromatic heterocycles. The molecular formula is C12H13BrN4. The van der Waals surface area contributed by atoms with Crippen molar-refractivity contribution in [2.75, 3.05) is 11.9 Å². The molecule has 0 aliphatic carbocycles. The topological polar surface area (TPSA) is 34.0 Å². The number of hydrogen-bond acceptors (Lipinski definition) is 3. The molecule has 2 heterocycles. The van der Waals surface area contributed by atoms with E-state index in [0.29, 0.717) is 11.6 Å². The van der Waals surface area contributed by atoms with Gasteiger partial charge in [-0.3, -0.25) is 0 Å². The molecular weight excluding hydrogens is 280 g/mol. The first-order valence-electron chi connectivity index (χ1n) is 6.76. The van der Waals surface area contributed by atoms with Crippen LogP contribution in [0.2, 0.25) is 0 Å². The zero-order chi connectivity index (χ0) is 14.7. The Labute approximate surface area is 113 Å². The van der Waals surface area contributed by atoms with Gasteiger partial charge in [0.25, 0.3) is 0 Å². The number of rotatable bonds is 0. The van der Waals surface area contributed by atoms with Crippen LogP contribution in [0.3, 0.4) is 0 Å². The molecule has 17 heavy (non-hydrogen) atoms. The lowest BCUT2D eigenvalue weighted by molar-refractivity contribution is 0.622. The lowest BCUT2D eigenvalue weighted by Crippen LogP contribution is -2.30. The summed E-state index contributed by atoms with van der Waals surface area (Å²) in [6.07, 6.45) is 0. The molecule has 0 radical (unpaired) electrons. The van der Waals surface area contributed by atoms with Gasteiger partial charge in [-0.25, -0.2) is 9.67 Å². The Hall–Kier alpha value is -1.36. The van der Waals surface area contributed by atoms with Crippen LogP contribution < -0.4 is 4.90 Å². The highest BCUT2D eigenvalue weighted by Crippen LogP contribution is 2.40. The van der Waals surface area contributed by atoms with Gasteiger partial charge >= 0.3 is 0 Å². The third-order valence-corrected chi connectivity index (χ3v) is 3.56. The zero-order valence-electron chi connectivity index (χ0n) is 12.5. The minimum absolute atomic E-state index is 0.454. The fourth-order valence-corrected chi connectivity index (χ4v) is 2.75. The maximum Gasteiger partial charge on any atom is 0.154 e. The number of para-hydroxylation sites is 1. The van der Waals surface area contributed by atoms with Crippen LogP contribution in [0.5, 0.6) is 0 Å². The molecule has 0 N–H and O–H groups in total. The summed E-state index contributed by atoms with van der Waals surface area (Å²) in [7, 11) is 1.77. The Morgan fingerprint density at radius 3 is 3.06 bits per heavy atom. The monoisotopic (exact) mass is 295 g/mol. The van der Waals surface area contributed by atoms with Crippen LogP contribution in [0.15, 0.2) is 22.7 Å². The SMILES string of the molecule is [2H]C([2H])([2H])C1c2nc(C)nn2-c2cccc(Br)c2N1C. The standard InChI is InChI=1S/C12H13BrN4/c1-7-12-14-8(2)15-17(12)10-6-4-5-9(13)11(10)16(7)3/h4-7H,1-3H3/i1D3. The second-order valence-corrected chi connectivity index (χ2v) is 4.90. The number of nitrogens with zero attached hydrogens (tertiary/aromatic N) is 4. The van der Waals surface area contributed by atoms with E-state index in [4.69, 9.17) is 4.11 Å². The molecule has 4 nitrogen and oxygen atoms in total. The van der Waals surface area contributed by atoms with Gasteiger partial charge in [0.15, 0.2) is 5.82 Å². The van der Waals surface area contributed by atoms with Gasteiger partial charge in [0.05, 0.1) is 17.4 Å². The fraction of sp³-hybridized carbons (Fsp3) is 0.333. The molecule has 0 saturated carbocycles. The Balaban J connectivity index is 2.33. The van der Waals surface area contributed by atoms with Gasteiger partial charge in [0.1, 0.15) is 5.82 Å². The van der Waals surface area contributed by atoms with Gasteiger partial charge in [-0.1, -0.05) is 6.07 Å². The molecule has 1 aliphatic heterocycles. The van der Waals surface area contributed by atoms with Crippen molar-refractivity contribution in [2.24, 2.45) is 0 Å². The van der Waals surface area contributed by atoms with Crippen molar-refractivity contribution in [3.63, 3.8) is 0 Å². The Morgan fingerprint density at radius 2 is 2.29 bits per heavy atom. The molecule has 0 fully saturated rings. The predicted molar refractivity (Wildman–Crippen MR) is 70.6 cm³/mol. The third-order valence-electron chi connectivity index (χ3n) is 2.92. The van der Waals surface area contributed by atoms with Crippen LogP contribution in [0.1, 0.15) is 28.7 Å². The lowest BCUT2D eigenvalue weighted by atomic mass is 10.1. The summed E-state index contributed by atoms with van der Waals surface area (Å²) in [5.41, 5.74) is 1.64. The van der Waals surface area contributed by atoms with Crippen LogP contribution >= 0.6 is 15.9 Å². The molecule has 0 amide bonds. The minimum Gasteiger partial charge on any atom is -0.362 e. The summed E-state index contributed by atoms with van der Waals surface area (Å²) < 4.78 is 25.9. The number of halogens is 1. The number of aromatic nitrogens is 3. The average Bonchev–Trinajstić information content (AvgIpc) is 2.68. The van der Waals surface area contributed by atoms with Crippen LogP contribution in [-0.2, 0) is 0 Å². The molecule has 0 spiro atoms. The van der Waals surface area contributed by atoms with E-state index in [0.717, 1.165) is 15.8 Å². The second kappa shape index (κ2) is 3.57. The van der Waals surface area contributed by atoms with Crippen molar-refractivity contribution in [3.8, 4) is 5.69 Å². The van der Waals surface area contributed by atoms with E-state index >= 15 is 0 Å². The summed E-state index contributed by atoms with van der Waals surface area (Å²) >= 11 is 3.49. The smallest absolute Gasteiger partial charge is 0.154 e. The summed E-state index contributed by atoms with van der Waals surface area (Å²) in [5, 5.41) is 4.34. The van der Waals surface area contributed by atoms with Crippen molar-refractivity contribution in [1.82, 2.24) is 14.8 Å². The molecule has 1 atom stereocenters. The van der Waals surface area contributed by atoms with Gasteiger partial charge in [-0.15, -0.1) is 0 Å². The second-order valence-electron chi connectivity index (χ2n) is 4.05. The lowest BCUT2D eigenvalue weighted by Gasteiger charge is -2.33. The normalized spacial score (nSPS) is 21.2. The summed E-state index contributed by atoms with van der Waals surface area (Å²) in [4.78, 5) is 6.06. The van der Waals surface area contributed by atoms with Crippen LogP contribution in [0.25, 0.3) is 5.69 Å². The van der Waals surface area contributed by atoms with E-state index in [2.05, 4.69) is 26.0 Å². The highest BCUT2D eigenvalue weighted by Gasteiger charge is 2.29. The van der Waals surface area contributed by atoms with Gasteiger partial charge in [-0.05, 0) is 41.8 Å². The third kappa shape index (κ3) is 1.42. The Morgan fingerprint density at radius 1 is 1.47 bits per heavy atom. The number of benzene rings is 1. The molecule has 1 unspecified atom stereocenters. The van der Waals surface area contributed by atoms with E-state index in [1.807, 2.05) is 18.2 Å². The summed E-state index contributed by atoms with van der Waals surface area (Å²) in [6.45, 7) is -0.418. The van der Waals surface area contributed by atoms with Crippen LogP contribution in [-0.4, -0.2) is 21.8 Å². The quantitative estimate of drug-likeness (QED) is 0.749. The number of aryl methyl sites for hydroxylation is 1. The fourth-order valence-electron chi connectivity index (χ4n) is 2.11. The maximum atomic E-state index is 7.80. The van der Waals surface area contributed by atoms with E-state index < -0.39 is 12.9 Å². The summed E-state index contributed by atoms with van der Waals surface area (Å²) in [5.74, 6) is 1.02. The average molecular weight is 296 g/mol. The Bertz CT molecular complexity index is 680. The van der Waals surface area contributed by atoms with Crippen molar-refractivity contribution in [1.29, 1.82) is 0 Å². The molecule has 0 bridgehead atoms. The summed E-state index contributed by atoms with van der Waals surface area (Å²) in [6, 6.07) is 4.88. The zero-order valence-corrected chi connectivity index (χ0v) is 11.1.